The summed E-state index contributed by atoms with van der Waals surface area (Å²) in [5.41, 5.74) is 0. The van der Waals surface area contributed by atoms with Crippen molar-refractivity contribution in [3.05, 3.63) is 48.3 Å². The van der Waals surface area contributed by atoms with Crippen molar-refractivity contribution < 1.29 is 31.8 Å². The van der Waals surface area contributed by atoms with Gasteiger partial charge in [-0.3, -0.25) is 4.79 Å². The standard InChI is InChI=1S/C23H29FN2O6S/c1-16(2)22(23(27)25-11-3-12-30-18-7-5-17(24)6-8-18)26-33(28,29)19-9-10-20-21(15-19)32-14-4-13-31-20/h5-10,15-16,22,26H,3-4,11-14H2,1-2H3,(H,25,27). The Balaban J connectivity index is 1.55. The van der Waals surface area contributed by atoms with Gasteiger partial charge in [0.25, 0.3) is 0 Å². The Morgan fingerprint density at radius 3 is 2.48 bits per heavy atom. The molecular weight excluding hydrogens is 451 g/mol. The molecule has 2 N–H and O–H groups in total. The molecule has 0 fully saturated rings. The average molecular weight is 481 g/mol. The van der Waals surface area contributed by atoms with Gasteiger partial charge in [-0.05, 0) is 48.7 Å². The monoisotopic (exact) mass is 480 g/mol. The van der Waals surface area contributed by atoms with Gasteiger partial charge in [0.2, 0.25) is 15.9 Å². The van der Waals surface area contributed by atoms with Crippen molar-refractivity contribution in [2.75, 3.05) is 26.4 Å². The maximum absolute atomic E-state index is 12.9. The number of benzene rings is 2. The summed E-state index contributed by atoms with van der Waals surface area (Å²) in [6, 6.07) is 9.10. The minimum atomic E-state index is -3.97. The molecule has 10 heteroatoms. The predicted molar refractivity (Wildman–Crippen MR) is 121 cm³/mol. The zero-order chi connectivity index (χ0) is 23.8. The fourth-order valence-corrected chi connectivity index (χ4v) is 4.51. The van der Waals surface area contributed by atoms with Crippen LogP contribution in [0.2, 0.25) is 0 Å². The molecule has 0 aliphatic carbocycles. The van der Waals surface area contributed by atoms with Crippen LogP contribution in [0, 0.1) is 11.7 Å². The van der Waals surface area contributed by atoms with Crippen molar-refractivity contribution >= 4 is 15.9 Å². The summed E-state index contributed by atoms with van der Waals surface area (Å²) in [5, 5.41) is 2.74. The molecule has 3 rings (SSSR count). The van der Waals surface area contributed by atoms with E-state index in [9.17, 15) is 17.6 Å². The van der Waals surface area contributed by atoms with E-state index >= 15 is 0 Å². The smallest absolute Gasteiger partial charge is 0.241 e. The summed E-state index contributed by atoms with van der Waals surface area (Å²) in [7, 11) is -3.97. The average Bonchev–Trinajstić information content (AvgIpc) is 3.03. The van der Waals surface area contributed by atoms with E-state index in [1.807, 2.05) is 0 Å². The summed E-state index contributed by atoms with van der Waals surface area (Å²) in [5.74, 6) is 0.337. The van der Waals surface area contributed by atoms with Crippen molar-refractivity contribution in [3.8, 4) is 17.2 Å². The van der Waals surface area contributed by atoms with Gasteiger partial charge >= 0.3 is 0 Å². The van der Waals surface area contributed by atoms with Gasteiger partial charge in [-0.25, -0.2) is 12.8 Å². The molecule has 0 radical (unpaired) electrons. The number of hydrogen-bond acceptors (Lipinski definition) is 6. The van der Waals surface area contributed by atoms with E-state index < -0.39 is 22.0 Å². The van der Waals surface area contributed by atoms with Crippen molar-refractivity contribution in [2.24, 2.45) is 5.92 Å². The lowest BCUT2D eigenvalue weighted by Gasteiger charge is -2.22. The third kappa shape index (κ3) is 7.06. The van der Waals surface area contributed by atoms with Crippen LogP contribution in [-0.2, 0) is 14.8 Å². The molecular formula is C23H29FN2O6S. The van der Waals surface area contributed by atoms with Crippen molar-refractivity contribution in [3.63, 3.8) is 0 Å². The molecule has 1 unspecified atom stereocenters. The summed E-state index contributed by atoms with van der Waals surface area (Å²) in [6.45, 7) is 5.08. The van der Waals surface area contributed by atoms with Gasteiger partial charge < -0.3 is 19.5 Å². The molecule has 1 atom stereocenters. The molecule has 8 nitrogen and oxygen atoms in total. The number of halogens is 1. The molecule has 0 saturated heterocycles. The number of rotatable bonds is 10. The molecule has 2 aromatic rings. The minimum Gasteiger partial charge on any atom is -0.494 e. The van der Waals surface area contributed by atoms with Crippen LogP contribution < -0.4 is 24.2 Å². The molecule has 1 amide bonds. The molecule has 0 spiro atoms. The zero-order valence-electron chi connectivity index (χ0n) is 18.7. The minimum absolute atomic E-state index is 0.00195. The van der Waals surface area contributed by atoms with Gasteiger partial charge in [0.15, 0.2) is 11.5 Å². The van der Waals surface area contributed by atoms with Crippen LogP contribution >= 0.6 is 0 Å². The second-order valence-electron chi connectivity index (χ2n) is 7.95. The molecule has 1 aliphatic rings. The summed E-state index contributed by atoms with van der Waals surface area (Å²) in [6.07, 6.45) is 1.21. The Hall–Kier alpha value is -2.85. The van der Waals surface area contributed by atoms with Gasteiger partial charge in [0, 0.05) is 19.0 Å². The molecule has 180 valence electrons. The van der Waals surface area contributed by atoms with Crippen LogP contribution in [-0.4, -0.2) is 46.7 Å². The second kappa shape index (κ2) is 11.3. The lowest BCUT2D eigenvalue weighted by atomic mass is 10.1. The number of nitrogens with one attached hydrogen (secondary N) is 2. The first-order chi connectivity index (χ1) is 15.8. The maximum Gasteiger partial charge on any atom is 0.241 e. The van der Waals surface area contributed by atoms with Crippen molar-refractivity contribution in [1.82, 2.24) is 10.0 Å². The number of sulfonamides is 1. The highest BCUT2D eigenvalue weighted by atomic mass is 32.2. The lowest BCUT2D eigenvalue weighted by molar-refractivity contribution is -0.123. The number of carbonyl (C=O) groups excluding carboxylic acids is 1. The van der Waals surface area contributed by atoms with Crippen molar-refractivity contribution in [2.45, 2.75) is 37.6 Å². The quantitative estimate of drug-likeness (QED) is 0.507. The molecule has 0 aromatic heterocycles. The number of ether oxygens (including phenoxy) is 3. The van der Waals surface area contributed by atoms with Crippen LogP contribution in [0.1, 0.15) is 26.7 Å². The summed E-state index contributed by atoms with van der Waals surface area (Å²) < 4.78 is 57.9. The first-order valence-electron chi connectivity index (χ1n) is 10.8. The van der Waals surface area contributed by atoms with E-state index in [1.165, 1.54) is 36.4 Å². The van der Waals surface area contributed by atoms with Gasteiger partial charge in [0.05, 0.1) is 24.7 Å². The number of fused-ring (bicyclic) bond motifs is 1. The van der Waals surface area contributed by atoms with E-state index in [1.54, 1.807) is 19.9 Å². The number of hydrogen-bond donors (Lipinski definition) is 2. The summed E-state index contributed by atoms with van der Waals surface area (Å²) >= 11 is 0. The van der Waals surface area contributed by atoms with Crippen LogP contribution in [0.3, 0.4) is 0 Å². The topological polar surface area (TPSA) is 103 Å². The van der Waals surface area contributed by atoms with Crippen LogP contribution in [0.5, 0.6) is 17.2 Å². The Morgan fingerprint density at radius 2 is 1.79 bits per heavy atom. The molecule has 1 heterocycles. The van der Waals surface area contributed by atoms with E-state index in [2.05, 4.69) is 10.0 Å². The van der Waals surface area contributed by atoms with E-state index in [0.717, 1.165) is 0 Å². The third-order valence-electron chi connectivity index (χ3n) is 4.96. The first kappa shape index (κ1) is 24.8. The Kier molecular flexibility index (Phi) is 8.51. The highest BCUT2D eigenvalue weighted by Gasteiger charge is 2.29. The molecule has 1 aliphatic heterocycles. The number of carbonyl (C=O) groups is 1. The van der Waals surface area contributed by atoms with Gasteiger partial charge in [-0.1, -0.05) is 13.8 Å². The highest BCUT2D eigenvalue weighted by Crippen LogP contribution is 2.32. The van der Waals surface area contributed by atoms with Crippen LogP contribution in [0.25, 0.3) is 0 Å². The largest absolute Gasteiger partial charge is 0.494 e. The van der Waals surface area contributed by atoms with E-state index in [0.29, 0.717) is 56.5 Å². The predicted octanol–water partition coefficient (Wildman–Crippen LogP) is 2.88. The fourth-order valence-electron chi connectivity index (χ4n) is 3.15. The molecule has 33 heavy (non-hydrogen) atoms. The third-order valence-corrected chi connectivity index (χ3v) is 6.40. The molecule has 0 saturated carbocycles. The fraction of sp³-hybridized carbons (Fsp3) is 0.435. The van der Waals surface area contributed by atoms with Gasteiger partial charge in [-0.15, -0.1) is 0 Å². The number of amides is 1. The van der Waals surface area contributed by atoms with E-state index in [4.69, 9.17) is 14.2 Å². The zero-order valence-corrected chi connectivity index (χ0v) is 19.5. The Labute approximate surface area is 193 Å². The maximum atomic E-state index is 12.9. The first-order valence-corrected chi connectivity index (χ1v) is 12.3. The SMILES string of the molecule is CC(C)C(NS(=O)(=O)c1ccc2c(c1)OCCCO2)C(=O)NCCCOc1ccc(F)cc1. The van der Waals surface area contributed by atoms with Gasteiger partial charge in [0.1, 0.15) is 17.6 Å². The van der Waals surface area contributed by atoms with Crippen LogP contribution in [0.4, 0.5) is 4.39 Å². The lowest BCUT2D eigenvalue weighted by Crippen LogP contribution is -2.49. The molecule has 0 bridgehead atoms. The van der Waals surface area contributed by atoms with Crippen LogP contribution in [0.15, 0.2) is 47.4 Å². The highest BCUT2D eigenvalue weighted by molar-refractivity contribution is 7.89. The Morgan fingerprint density at radius 1 is 1.09 bits per heavy atom. The van der Waals surface area contributed by atoms with E-state index in [-0.39, 0.29) is 16.6 Å². The van der Waals surface area contributed by atoms with Crippen molar-refractivity contribution in [1.29, 1.82) is 0 Å². The second-order valence-corrected chi connectivity index (χ2v) is 9.66. The summed E-state index contributed by atoms with van der Waals surface area (Å²) in [4.78, 5) is 12.7. The molecule has 2 aromatic carbocycles. The van der Waals surface area contributed by atoms with Gasteiger partial charge in [-0.2, -0.15) is 4.72 Å². The Bertz CT molecular complexity index is 1040. The normalized spacial score (nSPS) is 14.4.